The lowest BCUT2D eigenvalue weighted by atomic mass is 10.2. The molecule has 0 atom stereocenters. The summed E-state index contributed by atoms with van der Waals surface area (Å²) in [4.78, 5) is 11.0. The molecule has 0 aliphatic carbocycles. The number of halogens is 2. The van der Waals surface area contributed by atoms with Crippen molar-refractivity contribution in [1.29, 1.82) is 0 Å². The first-order valence-electron chi connectivity index (χ1n) is 4.43. The molecule has 0 radical (unpaired) electrons. The highest BCUT2D eigenvalue weighted by Crippen LogP contribution is 2.19. The average molecular weight is 273 g/mol. The lowest BCUT2D eigenvalue weighted by Crippen LogP contribution is -1.98. The number of hydrogen-bond acceptors (Lipinski definition) is 2. The van der Waals surface area contributed by atoms with Gasteiger partial charge in [-0.05, 0) is 36.8 Å². The van der Waals surface area contributed by atoms with Crippen molar-refractivity contribution in [1.82, 2.24) is 0 Å². The molecule has 0 N–H and O–H groups in total. The molecule has 0 aliphatic heterocycles. The minimum atomic E-state index is -0.436. The maximum absolute atomic E-state index is 12.8. The maximum atomic E-state index is 12.8. The van der Waals surface area contributed by atoms with Crippen molar-refractivity contribution in [3.8, 4) is 0 Å². The molecule has 0 saturated carbocycles. The van der Waals surface area contributed by atoms with E-state index in [1.807, 2.05) is 0 Å². The van der Waals surface area contributed by atoms with Crippen LogP contribution in [0.3, 0.4) is 0 Å². The molecule has 0 unspecified atom stereocenters. The second kappa shape index (κ2) is 5.66. The summed E-state index contributed by atoms with van der Waals surface area (Å²) in [6.45, 7) is 2.05. The van der Waals surface area contributed by atoms with Gasteiger partial charge in [0.15, 0.2) is 0 Å². The number of rotatable bonds is 3. The molecule has 1 rings (SSSR count). The molecule has 0 aromatic heterocycles. The summed E-state index contributed by atoms with van der Waals surface area (Å²) in [6, 6.07) is 4.26. The Kier molecular flexibility index (Phi) is 4.49. The number of hydrogen-bond donors (Lipinski definition) is 0. The van der Waals surface area contributed by atoms with Crippen LogP contribution in [0, 0.1) is 5.82 Å². The van der Waals surface area contributed by atoms with E-state index in [0.717, 1.165) is 4.47 Å². The number of carbonyl (C=O) groups is 1. The van der Waals surface area contributed by atoms with Gasteiger partial charge >= 0.3 is 5.97 Å². The summed E-state index contributed by atoms with van der Waals surface area (Å²) in [5.41, 5.74) is 0.600. The fourth-order valence-corrected chi connectivity index (χ4v) is 1.37. The smallest absolute Gasteiger partial charge is 0.330 e. The van der Waals surface area contributed by atoms with E-state index in [2.05, 4.69) is 15.9 Å². The molecule has 80 valence electrons. The van der Waals surface area contributed by atoms with Crippen molar-refractivity contribution >= 4 is 28.0 Å². The predicted molar refractivity (Wildman–Crippen MR) is 59.8 cm³/mol. The summed E-state index contributed by atoms with van der Waals surface area (Å²) in [7, 11) is 0. The minimum Gasteiger partial charge on any atom is -0.463 e. The van der Waals surface area contributed by atoms with Gasteiger partial charge in [0.05, 0.1) is 6.61 Å². The largest absolute Gasteiger partial charge is 0.463 e. The van der Waals surface area contributed by atoms with Gasteiger partial charge in [0.1, 0.15) is 5.82 Å². The second-order valence-electron chi connectivity index (χ2n) is 2.75. The van der Waals surface area contributed by atoms with Crippen LogP contribution in [0.5, 0.6) is 0 Å². The molecule has 0 amide bonds. The van der Waals surface area contributed by atoms with Gasteiger partial charge in [-0.3, -0.25) is 0 Å². The summed E-state index contributed by atoms with van der Waals surface area (Å²) in [5.74, 6) is -0.782. The Hall–Kier alpha value is -1.16. The van der Waals surface area contributed by atoms with Crippen LogP contribution in [0.2, 0.25) is 0 Å². The van der Waals surface area contributed by atoms with Crippen LogP contribution in [0.4, 0.5) is 4.39 Å². The Balaban J connectivity index is 2.79. The Bertz CT molecular complexity index is 388. The van der Waals surface area contributed by atoms with E-state index in [1.54, 1.807) is 13.0 Å². The Morgan fingerprint density at radius 3 is 3.00 bits per heavy atom. The summed E-state index contributed by atoms with van der Waals surface area (Å²) >= 11 is 3.25. The van der Waals surface area contributed by atoms with Crippen molar-refractivity contribution in [3.63, 3.8) is 0 Å². The van der Waals surface area contributed by atoms with E-state index in [1.165, 1.54) is 24.3 Å². The Morgan fingerprint density at radius 2 is 2.33 bits per heavy atom. The topological polar surface area (TPSA) is 26.3 Å². The number of esters is 1. The molecular formula is C11H10BrFO2. The molecule has 1 aromatic carbocycles. The molecule has 2 nitrogen and oxygen atoms in total. The molecule has 15 heavy (non-hydrogen) atoms. The average Bonchev–Trinajstić information content (AvgIpc) is 2.20. The van der Waals surface area contributed by atoms with Crippen LogP contribution >= 0.6 is 15.9 Å². The summed E-state index contributed by atoms with van der Waals surface area (Å²) in [6.07, 6.45) is 2.77. The van der Waals surface area contributed by atoms with Crippen LogP contribution in [0.25, 0.3) is 6.08 Å². The first-order chi connectivity index (χ1) is 7.13. The van der Waals surface area contributed by atoms with E-state index >= 15 is 0 Å². The zero-order chi connectivity index (χ0) is 11.3. The third-order valence-electron chi connectivity index (χ3n) is 1.64. The lowest BCUT2D eigenvalue weighted by molar-refractivity contribution is -0.137. The molecular weight excluding hydrogens is 263 g/mol. The Morgan fingerprint density at radius 1 is 1.60 bits per heavy atom. The van der Waals surface area contributed by atoms with Crippen molar-refractivity contribution in [2.45, 2.75) is 6.92 Å². The van der Waals surface area contributed by atoms with Gasteiger partial charge in [-0.15, -0.1) is 0 Å². The molecule has 1 aromatic rings. The van der Waals surface area contributed by atoms with Crippen LogP contribution in [-0.2, 0) is 9.53 Å². The third-order valence-corrected chi connectivity index (χ3v) is 2.37. The number of ether oxygens (including phenoxy) is 1. The standard InChI is InChI=1S/C11H10BrFO2/c1-2-15-11(14)6-3-8-7-9(13)4-5-10(8)12/h3-7H,2H2,1H3/b6-3+. The van der Waals surface area contributed by atoms with Crippen LogP contribution in [0.1, 0.15) is 12.5 Å². The molecule has 0 aliphatic rings. The zero-order valence-corrected chi connectivity index (χ0v) is 9.75. The highest BCUT2D eigenvalue weighted by molar-refractivity contribution is 9.10. The molecule has 0 bridgehead atoms. The van der Waals surface area contributed by atoms with Crippen LogP contribution in [0.15, 0.2) is 28.7 Å². The van der Waals surface area contributed by atoms with Crippen molar-refractivity contribution < 1.29 is 13.9 Å². The van der Waals surface area contributed by atoms with Crippen molar-refractivity contribution in [2.75, 3.05) is 6.61 Å². The third kappa shape index (κ3) is 3.83. The molecule has 4 heteroatoms. The predicted octanol–water partition coefficient (Wildman–Crippen LogP) is 3.16. The fourth-order valence-electron chi connectivity index (χ4n) is 0.991. The number of carbonyl (C=O) groups excluding carboxylic acids is 1. The molecule has 0 saturated heterocycles. The first-order valence-corrected chi connectivity index (χ1v) is 5.22. The van der Waals surface area contributed by atoms with E-state index in [-0.39, 0.29) is 5.82 Å². The van der Waals surface area contributed by atoms with Crippen LogP contribution < -0.4 is 0 Å². The number of benzene rings is 1. The van der Waals surface area contributed by atoms with Gasteiger partial charge in [0.2, 0.25) is 0 Å². The quantitative estimate of drug-likeness (QED) is 0.624. The SMILES string of the molecule is CCOC(=O)/C=C/c1cc(F)ccc1Br. The summed E-state index contributed by atoms with van der Waals surface area (Å²) in [5, 5.41) is 0. The fraction of sp³-hybridized carbons (Fsp3) is 0.182. The van der Waals surface area contributed by atoms with Gasteiger partial charge in [0, 0.05) is 10.5 Å². The van der Waals surface area contributed by atoms with Gasteiger partial charge in [-0.1, -0.05) is 15.9 Å². The summed E-state index contributed by atoms with van der Waals surface area (Å²) < 4.78 is 18.3. The molecule has 0 spiro atoms. The van der Waals surface area contributed by atoms with E-state index < -0.39 is 5.97 Å². The van der Waals surface area contributed by atoms with Gasteiger partial charge in [-0.25, -0.2) is 9.18 Å². The molecule has 0 heterocycles. The molecule has 0 fully saturated rings. The van der Waals surface area contributed by atoms with Gasteiger partial charge in [-0.2, -0.15) is 0 Å². The Labute approximate surface area is 95.9 Å². The van der Waals surface area contributed by atoms with Gasteiger partial charge in [0.25, 0.3) is 0 Å². The highest BCUT2D eigenvalue weighted by atomic mass is 79.9. The minimum absolute atomic E-state index is 0.327. The van der Waals surface area contributed by atoms with Gasteiger partial charge < -0.3 is 4.74 Å². The van der Waals surface area contributed by atoms with E-state index in [9.17, 15) is 9.18 Å². The van der Waals surface area contributed by atoms with Crippen molar-refractivity contribution in [2.24, 2.45) is 0 Å². The maximum Gasteiger partial charge on any atom is 0.330 e. The highest BCUT2D eigenvalue weighted by Gasteiger charge is 1.99. The van der Waals surface area contributed by atoms with Crippen LogP contribution in [-0.4, -0.2) is 12.6 Å². The van der Waals surface area contributed by atoms with Crippen molar-refractivity contribution in [3.05, 3.63) is 40.1 Å². The zero-order valence-electron chi connectivity index (χ0n) is 8.17. The second-order valence-corrected chi connectivity index (χ2v) is 3.61. The van der Waals surface area contributed by atoms with E-state index in [4.69, 9.17) is 4.74 Å². The normalized spacial score (nSPS) is 10.6. The monoisotopic (exact) mass is 272 g/mol. The first kappa shape index (κ1) is 11.9. The lowest BCUT2D eigenvalue weighted by Gasteiger charge is -1.98. The van der Waals surface area contributed by atoms with E-state index in [0.29, 0.717) is 12.2 Å².